The number of rotatable bonds is 11. The van der Waals surface area contributed by atoms with Crippen molar-refractivity contribution in [3.63, 3.8) is 0 Å². The van der Waals surface area contributed by atoms with Crippen LogP contribution in [0.5, 0.6) is 5.75 Å². The van der Waals surface area contributed by atoms with E-state index >= 15 is 0 Å². The second-order valence-corrected chi connectivity index (χ2v) is 6.77. The first-order valence-corrected chi connectivity index (χ1v) is 9.38. The highest BCUT2D eigenvalue weighted by Gasteiger charge is 2.05. The van der Waals surface area contributed by atoms with Crippen LogP contribution in [0.15, 0.2) is 29.3 Å². The number of likely N-dealkylation sites (N-methyl/N-ethyl adjacent to an activating group) is 1. The second-order valence-electron chi connectivity index (χ2n) is 6.77. The van der Waals surface area contributed by atoms with Gasteiger partial charge in [0.05, 0.1) is 0 Å². The van der Waals surface area contributed by atoms with E-state index in [9.17, 15) is 0 Å². The first-order chi connectivity index (χ1) is 12.0. The molecule has 1 rings (SSSR count). The number of halogens is 1. The molecule has 0 aromatic heterocycles. The Bertz CT molecular complexity index is 508. The standard InChI is InChI=1S/C20H36N4O.HI/c1-6-7-8-10-17(2)23-20(21-3)22-16-18-11-9-12-19(15-18)25-14-13-24(4)5;/h9,11-12,15,17H,6-8,10,13-14,16H2,1-5H3,(H2,21,22,23);1H. The molecule has 150 valence electrons. The molecule has 1 aromatic rings. The number of ether oxygens (including phenoxy) is 1. The fourth-order valence-corrected chi connectivity index (χ4v) is 2.48. The molecule has 2 N–H and O–H groups in total. The number of hydrogen-bond donors (Lipinski definition) is 2. The summed E-state index contributed by atoms with van der Waals surface area (Å²) in [6.45, 7) is 6.78. The van der Waals surface area contributed by atoms with Crippen LogP contribution in [0.1, 0.15) is 45.1 Å². The first-order valence-electron chi connectivity index (χ1n) is 9.38. The first kappa shape index (κ1) is 25.0. The van der Waals surface area contributed by atoms with Gasteiger partial charge in [-0.3, -0.25) is 4.99 Å². The highest BCUT2D eigenvalue weighted by atomic mass is 127. The van der Waals surface area contributed by atoms with Crippen molar-refractivity contribution in [2.75, 3.05) is 34.3 Å². The summed E-state index contributed by atoms with van der Waals surface area (Å²) in [6, 6.07) is 8.65. The van der Waals surface area contributed by atoms with Gasteiger partial charge in [0, 0.05) is 26.2 Å². The summed E-state index contributed by atoms with van der Waals surface area (Å²) in [6.07, 6.45) is 4.98. The topological polar surface area (TPSA) is 48.9 Å². The average Bonchev–Trinajstić information content (AvgIpc) is 2.59. The molecule has 5 nitrogen and oxygen atoms in total. The molecule has 1 unspecified atom stereocenters. The van der Waals surface area contributed by atoms with E-state index in [1.54, 1.807) is 0 Å². The molecule has 0 spiro atoms. The lowest BCUT2D eigenvalue weighted by Crippen LogP contribution is -2.41. The maximum absolute atomic E-state index is 5.79. The fraction of sp³-hybridized carbons (Fsp3) is 0.650. The zero-order valence-electron chi connectivity index (χ0n) is 17.0. The molecule has 26 heavy (non-hydrogen) atoms. The van der Waals surface area contributed by atoms with E-state index in [-0.39, 0.29) is 24.0 Å². The van der Waals surface area contributed by atoms with Crippen molar-refractivity contribution in [3.05, 3.63) is 29.8 Å². The lowest BCUT2D eigenvalue weighted by molar-refractivity contribution is 0.261. The molecule has 1 atom stereocenters. The van der Waals surface area contributed by atoms with Crippen molar-refractivity contribution >= 4 is 29.9 Å². The van der Waals surface area contributed by atoms with Crippen LogP contribution in [0, 0.1) is 0 Å². The van der Waals surface area contributed by atoms with Crippen LogP contribution in [0.2, 0.25) is 0 Å². The van der Waals surface area contributed by atoms with E-state index in [1.807, 2.05) is 33.3 Å². The van der Waals surface area contributed by atoms with Crippen LogP contribution >= 0.6 is 24.0 Å². The predicted molar refractivity (Wildman–Crippen MR) is 123 cm³/mol. The molecule has 0 fully saturated rings. The highest BCUT2D eigenvalue weighted by molar-refractivity contribution is 14.0. The normalized spacial score (nSPS) is 12.5. The van der Waals surface area contributed by atoms with Crippen molar-refractivity contribution in [3.8, 4) is 5.75 Å². The highest BCUT2D eigenvalue weighted by Crippen LogP contribution is 2.13. The van der Waals surface area contributed by atoms with Gasteiger partial charge in [0.15, 0.2) is 5.96 Å². The number of nitrogens with one attached hydrogen (secondary N) is 2. The van der Waals surface area contributed by atoms with Gasteiger partial charge < -0.3 is 20.3 Å². The molecule has 0 amide bonds. The fourth-order valence-electron chi connectivity index (χ4n) is 2.48. The number of unbranched alkanes of at least 4 members (excludes halogenated alkanes) is 2. The van der Waals surface area contributed by atoms with Crippen molar-refractivity contribution in [1.29, 1.82) is 0 Å². The Morgan fingerprint density at radius 1 is 1.27 bits per heavy atom. The van der Waals surface area contributed by atoms with E-state index < -0.39 is 0 Å². The summed E-state index contributed by atoms with van der Waals surface area (Å²) in [5.41, 5.74) is 1.18. The van der Waals surface area contributed by atoms with Gasteiger partial charge in [0.1, 0.15) is 12.4 Å². The number of nitrogens with zero attached hydrogens (tertiary/aromatic N) is 2. The van der Waals surface area contributed by atoms with Crippen LogP contribution in [0.4, 0.5) is 0 Å². The maximum atomic E-state index is 5.79. The molecular formula is C20H37IN4O. The molecule has 1 aromatic carbocycles. The van der Waals surface area contributed by atoms with Gasteiger partial charge in [0.25, 0.3) is 0 Å². The minimum Gasteiger partial charge on any atom is -0.492 e. The molecule has 0 aliphatic heterocycles. The smallest absolute Gasteiger partial charge is 0.191 e. The zero-order chi connectivity index (χ0) is 18.5. The van der Waals surface area contributed by atoms with Gasteiger partial charge >= 0.3 is 0 Å². The molecule has 6 heteroatoms. The van der Waals surface area contributed by atoms with Crippen LogP contribution in [-0.2, 0) is 6.54 Å². The summed E-state index contributed by atoms with van der Waals surface area (Å²) >= 11 is 0. The average molecular weight is 476 g/mol. The molecule has 0 heterocycles. The monoisotopic (exact) mass is 476 g/mol. The Hall–Kier alpha value is -1.02. The number of guanidine groups is 1. The third-order valence-electron chi connectivity index (χ3n) is 4.01. The summed E-state index contributed by atoms with van der Waals surface area (Å²) < 4.78 is 5.79. The third-order valence-corrected chi connectivity index (χ3v) is 4.01. The van der Waals surface area contributed by atoms with E-state index in [2.05, 4.69) is 46.5 Å². The predicted octanol–water partition coefficient (Wildman–Crippen LogP) is 3.88. The van der Waals surface area contributed by atoms with Crippen molar-refractivity contribution in [1.82, 2.24) is 15.5 Å². The van der Waals surface area contributed by atoms with Gasteiger partial charge in [-0.05, 0) is 45.1 Å². The van der Waals surface area contributed by atoms with Crippen LogP contribution in [0.3, 0.4) is 0 Å². The van der Waals surface area contributed by atoms with Crippen LogP contribution in [-0.4, -0.2) is 51.2 Å². The Kier molecular flexibility index (Phi) is 14.5. The Balaban J connectivity index is 0.00000625. The van der Waals surface area contributed by atoms with Gasteiger partial charge in [-0.15, -0.1) is 24.0 Å². The Labute approximate surface area is 177 Å². The SMILES string of the molecule is CCCCCC(C)NC(=NC)NCc1cccc(OCCN(C)C)c1.I. The lowest BCUT2D eigenvalue weighted by atomic mass is 10.1. The molecular weight excluding hydrogens is 439 g/mol. The quantitative estimate of drug-likeness (QED) is 0.220. The molecule has 0 saturated heterocycles. The molecule has 0 bridgehead atoms. The largest absolute Gasteiger partial charge is 0.492 e. The van der Waals surface area contributed by atoms with Crippen LogP contribution in [0.25, 0.3) is 0 Å². The van der Waals surface area contributed by atoms with Crippen molar-refractivity contribution < 1.29 is 4.74 Å². The van der Waals surface area contributed by atoms with Gasteiger partial charge in [-0.1, -0.05) is 38.3 Å². The minimum absolute atomic E-state index is 0. The zero-order valence-corrected chi connectivity index (χ0v) is 19.4. The minimum atomic E-state index is 0. The molecule has 0 radical (unpaired) electrons. The lowest BCUT2D eigenvalue weighted by Gasteiger charge is -2.18. The summed E-state index contributed by atoms with van der Waals surface area (Å²) in [7, 11) is 5.91. The van der Waals surface area contributed by atoms with Crippen molar-refractivity contribution in [2.45, 2.75) is 52.1 Å². The van der Waals surface area contributed by atoms with Gasteiger partial charge in [-0.25, -0.2) is 0 Å². The third kappa shape index (κ3) is 11.6. The summed E-state index contributed by atoms with van der Waals surface area (Å²) in [5, 5.41) is 6.84. The number of hydrogen-bond acceptors (Lipinski definition) is 3. The van der Waals surface area contributed by atoms with E-state index in [0.717, 1.165) is 24.8 Å². The summed E-state index contributed by atoms with van der Waals surface area (Å²) in [4.78, 5) is 6.43. The van der Waals surface area contributed by atoms with Crippen LogP contribution < -0.4 is 15.4 Å². The molecule has 0 aliphatic carbocycles. The maximum Gasteiger partial charge on any atom is 0.191 e. The van der Waals surface area contributed by atoms with Gasteiger partial charge in [-0.2, -0.15) is 0 Å². The van der Waals surface area contributed by atoms with Crippen molar-refractivity contribution in [2.24, 2.45) is 4.99 Å². The number of aliphatic imine (C=N–C) groups is 1. The van der Waals surface area contributed by atoms with E-state index in [0.29, 0.717) is 12.6 Å². The Morgan fingerprint density at radius 2 is 2.04 bits per heavy atom. The number of benzene rings is 1. The second kappa shape index (κ2) is 15.1. The molecule has 0 saturated carbocycles. The summed E-state index contributed by atoms with van der Waals surface area (Å²) in [5.74, 6) is 1.76. The van der Waals surface area contributed by atoms with E-state index in [4.69, 9.17) is 4.74 Å². The van der Waals surface area contributed by atoms with Gasteiger partial charge in [0.2, 0.25) is 0 Å². The Morgan fingerprint density at radius 3 is 2.69 bits per heavy atom. The van der Waals surface area contributed by atoms with E-state index in [1.165, 1.54) is 31.2 Å². The molecule has 0 aliphatic rings.